The number of anilines is 1. The maximum atomic E-state index is 11.2. The van der Waals surface area contributed by atoms with Crippen molar-refractivity contribution in [3.63, 3.8) is 0 Å². The molecule has 5 nitrogen and oxygen atoms in total. The number of halogens is 1. The first-order valence-corrected chi connectivity index (χ1v) is 5.95. The van der Waals surface area contributed by atoms with Gasteiger partial charge >= 0.3 is 0 Å². The summed E-state index contributed by atoms with van der Waals surface area (Å²) in [6, 6.07) is 0. The highest BCUT2D eigenvalue weighted by Gasteiger charge is 2.19. The van der Waals surface area contributed by atoms with Crippen LogP contribution < -0.4 is 10.9 Å². The fourth-order valence-electron chi connectivity index (χ4n) is 1.42. The minimum atomic E-state index is -0.781. The van der Waals surface area contributed by atoms with Crippen molar-refractivity contribution in [2.45, 2.75) is 32.3 Å². The van der Waals surface area contributed by atoms with E-state index >= 15 is 0 Å². The van der Waals surface area contributed by atoms with E-state index in [2.05, 4.69) is 31.4 Å². The van der Waals surface area contributed by atoms with Crippen LogP contribution in [0.4, 0.5) is 5.69 Å². The zero-order chi connectivity index (χ0) is 12.2. The zero-order valence-electron chi connectivity index (χ0n) is 9.38. The molecule has 1 aromatic heterocycles. The molecule has 0 bridgehead atoms. The molecule has 0 amide bonds. The third-order valence-electron chi connectivity index (χ3n) is 2.24. The Bertz CT molecular complexity index is 403. The summed E-state index contributed by atoms with van der Waals surface area (Å²) in [5.41, 5.74) is -0.489. The van der Waals surface area contributed by atoms with E-state index in [1.165, 1.54) is 6.20 Å². The molecule has 1 unspecified atom stereocenters. The van der Waals surface area contributed by atoms with Crippen molar-refractivity contribution in [2.24, 2.45) is 0 Å². The van der Waals surface area contributed by atoms with E-state index in [4.69, 9.17) is 0 Å². The fourth-order valence-corrected chi connectivity index (χ4v) is 1.75. The van der Waals surface area contributed by atoms with Crippen LogP contribution in [0.1, 0.15) is 26.7 Å². The molecule has 1 heterocycles. The maximum absolute atomic E-state index is 11.2. The predicted molar refractivity (Wildman–Crippen MR) is 66.6 cm³/mol. The summed E-state index contributed by atoms with van der Waals surface area (Å²) < 4.78 is 0.398. The largest absolute Gasteiger partial charge is 0.388 e. The van der Waals surface area contributed by atoms with Crippen LogP contribution in [-0.4, -0.2) is 27.4 Å². The maximum Gasteiger partial charge on any atom is 0.280 e. The van der Waals surface area contributed by atoms with E-state index in [1.54, 1.807) is 6.92 Å². The number of aromatic amines is 1. The van der Waals surface area contributed by atoms with Gasteiger partial charge in [-0.15, -0.1) is 0 Å². The van der Waals surface area contributed by atoms with Crippen molar-refractivity contribution in [2.75, 3.05) is 11.9 Å². The molecule has 16 heavy (non-hydrogen) atoms. The molecule has 1 rings (SSSR count). The zero-order valence-corrected chi connectivity index (χ0v) is 11.0. The molecule has 6 heteroatoms. The lowest BCUT2D eigenvalue weighted by molar-refractivity contribution is 0.0636. The molecule has 90 valence electrons. The van der Waals surface area contributed by atoms with Crippen molar-refractivity contribution in [1.82, 2.24) is 10.2 Å². The Morgan fingerprint density at radius 1 is 1.69 bits per heavy atom. The number of nitrogens with zero attached hydrogens (tertiary/aromatic N) is 1. The molecule has 0 radical (unpaired) electrons. The molecule has 0 fully saturated rings. The van der Waals surface area contributed by atoms with Crippen LogP contribution >= 0.6 is 15.9 Å². The van der Waals surface area contributed by atoms with Crippen LogP contribution in [0.5, 0.6) is 0 Å². The normalized spacial score (nSPS) is 14.5. The van der Waals surface area contributed by atoms with Crippen LogP contribution in [0.25, 0.3) is 0 Å². The van der Waals surface area contributed by atoms with E-state index in [1.807, 2.05) is 6.92 Å². The lowest BCUT2D eigenvalue weighted by Gasteiger charge is -2.23. The summed E-state index contributed by atoms with van der Waals surface area (Å²) in [7, 11) is 0. The summed E-state index contributed by atoms with van der Waals surface area (Å²) in [6.45, 7) is 4.15. The highest BCUT2D eigenvalue weighted by molar-refractivity contribution is 9.10. The number of aromatic nitrogens is 2. The van der Waals surface area contributed by atoms with Gasteiger partial charge in [0.25, 0.3) is 5.56 Å². The Hall–Kier alpha value is -0.880. The fraction of sp³-hybridized carbons (Fsp3) is 0.600. The number of hydrogen-bond donors (Lipinski definition) is 3. The molecule has 0 aromatic carbocycles. The first kappa shape index (κ1) is 13.2. The summed E-state index contributed by atoms with van der Waals surface area (Å²) >= 11 is 3.16. The number of rotatable bonds is 5. The Labute approximate surface area is 102 Å². The second-order valence-electron chi connectivity index (χ2n) is 4.03. The van der Waals surface area contributed by atoms with E-state index < -0.39 is 5.60 Å². The number of H-pyrrole nitrogens is 1. The van der Waals surface area contributed by atoms with Gasteiger partial charge in [-0.25, -0.2) is 5.10 Å². The average Bonchev–Trinajstić information content (AvgIpc) is 2.20. The SMILES string of the molecule is CCCC(C)(O)CNc1cn[nH]c(=O)c1Br. The van der Waals surface area contributed by atoms with Crippen molar-refractivity contribution in [3.05, 3.63) is 21.0 Å². The lowest BCUT2D eigenvalue weighted by Crippen LogP contribution is -2.33. The third kappa shape index (κ3) is 3.61. The van der Waals surface area contributed by atoms with E-state index in [0.717, 1.165) is 6.42 Å². The molecule has 0 aliphatic heterocycles. The van der Waals surface area contributed by atoms with Crippen molar-refractivity contribution in [1.29, 1.82) is 0 Å². The van der Waals surface area contributed by atoms with Gasteiger partial charge in [0.05, 0.1) is 17.5 Å². The first-order valence-electron chi connectivity index (χ1n) is 5.15. The average molecular weight is 290 g/mol. The number of nitrogens with one attached hydrogen (secondary N) is 2. The lowest BCUT2D eigenvalue weighted by atomic mass is 10.0. The van der Waals surface area contributed by atoms with Gasteiger partial charge in [0.1, 0.15) is 4.47 Å². The molecular formula is C10H16BrN3O2. The van der Waals surface area contributed by atoms with Crippen LogP contribution in [-0.2, 0) is 0 Å². The third-order valence-corrected chi connectivity index (χ3v) is 3.03. The number of aliphatic hydroxyl groups is 1. The minimum absolute atomic E-state index is 0.292. The Balaban J connectivity index is 2.68. The molecule has 1 aromatic rings. The van der Waals surface area contributed by atoms with Crippen molar-refractivity contribution >= 4 is 21.6 Å². The second kappa shape index (κ2) is 5.45. The highest BCUT2D eigenvalue weighted by atomic mass is 79.9. The Morgan fingerprint density at radius 2 is 2.38 bits per heavy atom. The van der Waals surface area contributed by atoms with E-state index in [0.29, 0.717) is 23.1 Å². The van der Waals surface area contributed by atoms with Gasteiger partial charge in [0, 0.05) is 6.54 Å². The second-order valence-corrected chi connectivity index (χ2v) is 4.82. The molecule has 0 aliphatic rings. The van der Waals surface area contributed by atoms with E-state index in [-0.39, 0.29) is 5.56 Å². The standard InChI is InChI=1S/C10H16BrN3O2/c1-3-4-10(2,16)6-12-7-5-13-14-9(15)8(7)11/h5,16H,3-4,6H2,1-2H3,(H2,12,14,15). The smallest absolute Gasteiger partial charge is 0.280 e. The minimum Gasteiger partial charge on any atom is -0.388 e. The van der Waals surface area contributed by atoms with Gasteiger partial charge < -0.3 is 10.4 Å². The van der Waals surface area contributed by atoms with Crippen LogP contribution in [0, 0.1) is 0 Å². The van der Waals surface area contributed by atoms with Gasteiger partial charge in [-0.1, -0.05) is 13.3 Å². The first-order chi connectivity index (χ1) is 7.46. The van der Waals surface area contributed by atoms with Gasteiger partial charge in [-0.05, 0) is 29.3 Å². The topological polar surface area (TPSA) is 78.0 Å². The molecule has 0 spiro atoms. The van der Waals surface area contributed by atoms with Crippen LogP contribution in [0.2, 0.25) is 0 Å². The predicted octanol–water partition coefficient (Wildman–Crippen LogP) is 1.50. The molecule has 3 N–H and O–H groups in total. The molecular weight excluding hydrogens is 274 g/mol. The van der Waals surface area contributed by atoms with Crippen molar-refractivity contribution < 1.29 is 5.11 Å². The quantitative estimate of drug-likeness (QED) is 0.768. The Morgan fingerprint density at radius 3 is 3.00 bits per heavy atom. The van der Waals surface area contributed by atoms with Crippen LogP contribution in [0.3, 0.4) is 0 Å². The monoisotopic (exact) mass is 289 g/mol. The Kier molecular flexibility index (Phi) is 4.49. The summed E-state index contributed by atoms with van der Waals surface area (Å²) in [5.74, 6) is 0. The number of hydrogen-bond acceptors (Lipinski definition) is 4. The highest BCUT2D eigenvalue weighted by Crippen LogP contribution is 2.18. The molecule has 0 saturated carbocycles. The summed E-state index contributed by atoms with van der Waals surface area (Å²) in [5, 5.41) is 18.9. The van der Waals surface area contributed by atoms with Gasteiger partial charge in [0.15, 0.2) is 0 Å². The molecule has 1 atom stereocenters. The van der Waals surface area contributed by atoms with Gasteiger partial charge in [-0.2, -0.15) is 5.10 Å². The van der Waals surface area contributed by atoms with Crippen molar-refractivity contribution in [3.8, 4) is 0 Å². The summed E-state index contributed by atoms with van der Waals surface area (Å²) in [6.07, 6.45) is 3.12. The van der Waals surface area contributed by atoms with Crippen LogP contribution in [0.15, 0.2) is 15.5 Å². The van der Waals surface area contributed by atoms with Gasteiger partial charge in [-0.3, -0.25) is 4.79 Å². The van der Waals surface area contributed by atoms with E-state index in [9.17, 15) is 9.90 Å². The summed E-state index contributed by atoms with van der Waals surface area (Å²) in [4.78, 5) is 11.2. The molecule has 0 aliphatic carbocycles. The van der Waals surface area contributed by atoms with Gasteiger partial charge in [0.2, 0.25) is 0 Å². The molecule has 0 saturated heterocycles.